The number of thiol groups is 1. The molecule has 0 heterocycles. The molecule has 0 aliphatic heterocycles. The summed E-state index contributed by atoms with van der Waals surface area (Å²) in [5.74, 6) is -1.50. The Hall–Kier alpha value is -0.810. The molecule has 0 radical (unpaired) electrons. The van der Waals surface area contributed by atoms with Gasteiger partial charge in [0, 0.05) is 11.0 Å². The number of nitrogens with zero attached hydrogens (tertiary/aromatic N) is 1. The van der Waals surface area contributed by atoms with Crippen LogP contribution in [0, 0.1) is 11.6 Å². The van der Waals surface area contributed by atoms with Crippen molar-refractivity contribution < 1.29 is 8.78 Å². The predicted molar refractivity (Wildman–Crippen MR) is 55.6 cm³/mol. The molecule has 0 fully saturated rings. The smallest absolute Gasteiger partial charge is 0.152 e. The summed E-state index contributed by atoms with van der Waals surface area (Å²) in [5.41, 5.74) is 5.20. The van der Waals surface area contributed by atoms with Gasteiger partial charge in [0.15, 0.2) is 5.82 Å². The van der Waals surface area contributed by atoms with Gasteiger partial charge in [-0.1, -0.05) is 0 Å². The standard InChI is InChI=1S/C8H7ClF2N2S/c9-3-7(12)13-8-5(11)1-4(10)2-6(8)14/h1-2,14H,3H2,(H2,12,13). The Morgan fingerprint density at radius 1 is 1.50 bits per heavy atom. The lowest BCUT2D eigenvalue weighted by molar-refractivity contribution is 0.579. The van der Waals surface area contributed by atoms with Crippen LogP contribution < -0.4 is 5.73 Å². The van der Waals surface area contributed by atoms with E-state index in [0.29, 0.717) is 6.07 Å². The highest BCUT2D eigenvalue weighted by Gasteiger charge is 2.08. The Bertz CT molecular complexity index is 359. The number of alkyl halides is 1. The average Bonchev–Trinajstić information content (AvgIpc) is 2.10. The number of amidine groups is 1. The van der Waals surface area contributed by atoms with Crippen LogP contribution in [0.2, 0.25) is 0 Å². The molecule has 2 N–H and O–H groups in total. The maximum atomic E-state index is 13.1. The summed E-state index contributed by atoms with van der Waals surface area (Å²) < 4.78 is 25.7. The Morgan fingerprint density at radius 3 is 2.64 bits per heavy atom. The van der Waals surface area contributed by atoms with Gasteiger partial charge in [-0.05, 0) is 6.07 Å². The first-order valence-electron chi connectivity index (χ1n) is 3.61. The van der Waals surface area contributed by atoms with Gasteiger partial charge in [-0.3, -0.25) is 0 Å². The molecule has 0 atom stereocenters. The highest BCUT2D eigenvalue weighted by Crippen LogP contribution is 2.27. The topological polar surface area (TPSA) is 38.4 Å². The molecule has 1 aromatic rings. The summed E-state index contributed by atoms with van der Waals surface area (Å²) in [5, 5.41) is 0. The molecule has 0 spiro atoms. The van der Waals surface area contributed by atoms with Crippen LogP contribution in [-0.2, 0) is 0 Å². The van der Waals surface area contributed by atoms with Gasteiger partial charge in [0.2, 0.25) is 0 Å². The van der Waals surface area contributed by atoms with Gasteiger partial charge < -0.3 is 5.73 Å². The summed E-state index contributed by atoms with van der Waals surface area (Å²) in [6.07, 6.45) is 0. The quantitative estimate of drug-likeness (QED) is 0.352. The van der Waals surface area contributed by atoms with E-state index in [1.807, 2.05) is 0 Å². The predicted octanol–water partition coefficient (Wildman–Crippen LogP) is 2.48. The number of rotatable bonds is 2. The van der Waals surface area contributed by atoms with E-state index in [1.165, 1.54) is 0 Å². The van der Waals surface area contributed by atoms with E-state index >= 15 is 0 Å². The third-order valence-corrected chi connectivity index (χ3v) is 2.02. The second kappa shape index (κ2) is 4.61. The summed E-state index contributed by atoms with van der Waals surface area (Å²) in [6, 6.07) is 1.76. The number of nitrogens with two attached hydrogens (primary N) is 1. The first-order chi connectivity index (χ1) is 6.54. The Balaban J connectivity index is 3.21. The first-order valence-corrected chi connectivity index (χ1v) is 4.59. The summed E-state index contributed by atoms with van der Waals surface area (Å²) >= 11 is 9.23. The van der Waals surface area contributed by atoms with Gasteiger partial charge in [-0.15, -0.1) is 24.2 Å². The zero-order valence-corrected chi connectivity index (χ0v) is 8.62. The fourth-order valence-electron chi connectivity index (χ4n) is 0.837. The molecular formula is C8H7ClF2N2S. The second-order valence-electron chi connectivity index (χ2n) is 2.49. The lowest BCUT2D eigenvalue weighted by atomic mass is 10.3. The van der Waals surface area contributed by atoms with Gasteiger partial charge in [0.25, 0.3) is 0 Å². The largest absolute Gasteiger partial charge is 0.386 e. The van der Waals surface area contributed by atoms with Gasteiger partial charge in [0.1, 0.15) is 17.3 Å². The van der Waals surface area contributed by atoms with Crippen LogP contribution in [0.1, 0.15) is 0 Å². The lowest BCUT2D eigenvalue weighted by Crippen LogP contribution is -2.12. The van der Waals surface area contributed by atoms with Gasteiger partial charge in [0.05, 0.1) is 5.88 Å². The molecule has 76 valence electrons. The van der Waals surface area contributed by atoms with Crippen molar-refractivity contribution in [1.29, 1.82) is 0 Å². The molecule has 6 heteroatoms. The Kier molecular flexibility index (Phi) is 3.71. The Morgan fingerprint density at radius 2 is 2.14 bits per heavy atom. The molecule has 0 amide bonds. The highest BCUT2D eigenvalue weighted by atomic mass is 35.5. The van der Waals surface area contributed by atoms with Crippen molar-refractivity contribution in [3.8, 4) is 0 Å². The number of benzene rings is 1. The summed E-state index contributed by atoms with van der Waals surface area (Å²) in [6.45, 7) is 0. The number of aliphatic imine (C=N–C) groups is 1. The van der Waals surface area contributed by atoms with Crippen molar-refractivity contribution in [3.05, 3.63) is 23.8 Å². The Labute approximate surface area is 90.2 Å². The van der Waals surface area contributed by atoms with E-state index in [2.05, 4.69) is 17.6 Å². The van der Waals surface area contributed by atoms with Crippen LogP contribution in [0.5, 0.6) is 0 Å². The normalized spacial score (nSPS) is 11.9. The fourth-order valence-corrected chi connectivity index (χ4v) is 1.18. The van der Waals surface area contributed by atoms with Crippen molar-refractivity contribution in [2.45, 2.75) is 4.90 Å². The van der Waals surface area contributed by atoms with Gasteiger partial charge in [-0.2, -0.15) is 0 Å². The van der Waals surface area contributed by atoms with Crippen LogP contribution in [-0.4, -0.2) is 11.7 Å². The molecule has 1 aromatic carbocycles. The lowest BCUT2D eigenvalue weighted by Gasteiger charge is -2.02. The van der Waals surface area contributed by atoms with E-state index in [4.69, 9.17) is 17.3 Å². The number of hydrogen-bond donors (Lipinski definition) is 2. The second-order valence-corrected chi connectivity index (χ2v) is 3.24. The minimum absolute atomic E-state index is 0.0238. The maximum absolute atomic E-state index is 13.1. The van der Waals surface area contributed by atoms with Crippen molar-refractivity contribution in [1.82, 2.24) is 0 Å². The van der Waals surface area contributed by atoms with E-state index in [0.717, 1.165) is 6.07 Å². The van der Waals surface area contributed by atoms with E-state index in [1.54, 1.807) is 0 Å². The number of halogens is 3. The molecule has 0 saturated carbocycles. The van der Waals surface area contributed by atoms with E-state index < -0.39 is 11.6 Å². The molecule has 14 heavy (non-hydrogen) atoms. The van der Waals surface area contributed by atoms with E-state index in [-0.39, 0.29) is 22.3 Å². The molecule has 0 bridgehead atoms. The average molecular weight is 237 g/mol. The highest BCUT2D eigenvalue weighted by molar-refractivity contribution is 7.80. The van der Waals surface area contributed by atoms with E-state index in [9.17, 15) is 8.78 Å². The zero-order valence-electron chi connectivity index (χ0n) is 6.97. The molecular weight excluding hydrogens is 230 g/mol. The summed E-state index contributed by atoms with van der Waals surface area (Å²) in [7, 11) is 0. The molecule has 0 aliphatic carbocycles. The van der Waals surface area contributed by atoms with Gasteiger partial charge >= 0.3 is 0 Å². The third kappa shape index (κ3) is 2.59. The monoisotopic (exact) mass is 236 g/mol. The van der Waals surface area contributed by atoms with Crippen molar-refractivity contribution in [2.24, 2.45) is 10.7 Å². The van der Waals surface area contributed by atoms with Gasteiger partial charge in [-0.25, -0.2) is 13.8 Å². The minimum atomic E-state index is -0.817. The minimum Gasteiger partial charge on any atom is -0.386 e. The first kappa shape index (κ1) is 11.3. The molecule has 0 unspecified atom stereocenters. The molecule has 0 aromatic heterocycles. The zero-order chi connectivity index (χ0) is 10.7. The summed E-state index contributed by atoms with van der Waals surface area (Å²) in [4.78, 5) is 3.74. The molecule has 0 saturated heterocycles. The number of hydrogen-bond acceptors (Lipinski definition) is 2. The SMILES string of the molecule is NC(CCl)=Nc1c(F)cc(F)cc1S. The van der Waals surface area contributed by atoms with Crippen LogP contribution in [0.15, 0.2) is 22.0 Å². The van der Waals surface area contributed by atoms with Crippen LogP contribution in [0.3, 0.4) is 0 Å². The van der Waals surface area contributed by atoms with Crippen LogP contribution >= 0.6 is 24.2 Å². The van der Waals surface area contributed by atoms with Crippen molar-refractivity contribution >= 4 is 35.8 Å². The molecule has 2 nitrogen and oxygen atoms in total. The third-order valence-electron chi connectivity index (χ3n) is 1.40. The van der Waals surface area contributed by atoms with Crippen molar-refractivity contribution in [3.63, 3.8) is 0 Å². The molecule has 1 rings (SSSR count). The fraction of sp³-hybridized carbons (Fsp3) is 0.125. The van der Waals surface area contributed by atoms with Crippen molar-refractivity contribution in [2.75, 3.05) is 5.88 Å². The molecule has 0 aliphatic rings. The van der Waals surface area contributed by atoms with Crippen LogP contribution in [0.25, 0.3) is 0 Å². The maximum Gasteiger partial charge on any atom is 0.152 e. The van der Waals surface area contributed by atoms with Crippen LogP contribution in [0.4, 0.5) is 14.5 Å².